The first-order valence-electron chi connectivity index (χ1n) is 8.69. The average molecular weight is 334 g/mol. The molecule has 5 aliphatic rings. The smallest absolute Gasteiger partial charge is 0.236 e. The van der Waals surface area contributed by atoms with E-state index in [0.29, 0.717) is 19.1 Å². The molecule has 5 nitrogen and oxygen atoms in total. The van der Waals surface area contributed by atoms with E-state index in [1.807, 2.05) is 0 Å². The van der Waals surface area contributed by atoms with Crippen LogP contribution in [0.5, 0.6) is 0 Å². The predicted molar refractivity (Wildman–Crippen MR) is 87.0 cm³/mol. The molecule has 5 rings (SSSR count). The summed E-state index contributed by atoms with van der Waals surface area (Å²) in [7, 11) is 3.12. The van der Waals surface area contributed by atoms with Crippen LogP contribution in [-0.4, -0.2) is 45.3 Å². The van der Waals surface area contributed by atoms with Crippen LogP contribution in [0.3, 0.4) is 0 Å². The zero-order chi connectivity index (χ0) is 17.1. The van der Waals surface area contributed by atoms with Crippen molar-refractivity contribution >= 4 is 5.78 Å². The maximum atomic E-state index is 13.0. The topological polar surface area (TPSA) is 54.0 Å². The van der Waals surface area contributed by atoms with Gasteiger partial charge in [-0.1, -0.05) is 32.1 Å². The number of ketones is 1. The maximum absolute atomic E-state index is 13.0. The normalized spacial score (nSPS) is 39.8. The van der Waals surface area contributed by atoms with Crippen molar-refractivity contribution in [2.24, 2.45) is 29.1 Å². The van der Waals surface area contributed by atoms with Crippen LogP contribution in [0, 0.1) is 29.1 Å². The summed E-state index contributed by atoms with van der Waals surface area (Å²) in [6.45, 7) is 5.53. The second-order valence-electron chi connectivity index (χ2n) is 8.13. The van der Waals surface area contributed by atoms with Crippen LogP contribution >= 0.6 is 0 Å². The van der Waals surface area contributed by atoms with Gasteiger partial charge in [0.25, 0.3) is 0 Å². The number of hydrogen-bond donors (Lipinski definition) is 0. The summed E-state index contributed by atoms with van der Waals surface area (Å²) in [5, 5.41) is 0. The highest BCUT2D eigenvalue weighted by Crippen LogP contribution is 2.57. The average Bonchev–Trinajstić information content (AvgIpc) is 3.06. The molecule has 0 aromatic rings. The monoisotopic (exact) mass is 334 g/mol. The van der Waals surface area contributed by atoms with Crippen molar-refractivity contribution < 1.29 is 23.7 Å². The molecule has 0 N–H and O–H groups in total. The minimum absolute atomic E-state index is 0.0115. The van der Waals surface area contributed by atoms with E-state index in [9.17, 15) is 4.79 Å². The quantitative estimate of drug-likeness (QED) is 0.586. The van der Waals surface area contributed by atoms with Gasteiger partial charge < -0.3 is 18.9 Å². The van der Waals surface area contributed by atoms with Crippen molar-refractivity contribution in [3.05, 3.63) is 23.8 Å². The number of allylic oxidation sites excluding steroid dienone is 3. The first-order chi connectivity index (χ1) is 11.4. The number of carbonyl (C=O) groups excluding carboxylic acids is 1. The lowest BCUT2D eigenvalue weighted by molar-refractivity contribution is -0.263. The fourth-order valence-electron chi connectivity index (χ4n) is 4.89. The number of carbonyl (C=O) groups is 1. The number of Topliss-reactive ketones (excluding diaryl/α,β-unsaturated/α-hetero) is 1. The fraction of sp³-hybridized carbons (Fsp3) is 0.737. The molecule has 4 atom stereocenters. The lowest BCUT2D eigenvalue weighted by atomic mass is 9.56. The van der Waals surface area contributed by atoms with E-state index in [-0.39, 0.29) is 29.0 Å². The first kappa shape index (κ1) is 16.5. The van der Waals surface area contributed by atoms with Gasteiger partial charge in [-0.3, -0.25) is 4.79 Å². The Morgan fingerprint density at radius 1 is 1.17 bits per heavy atom. The molecule has 2 fully saturated rings. The second kappa shape index (κ2) is 5.49. The molecule has 0 radical (unpaired) electrons. The highest BCUT2D eigenvalue weighted by atomic mass is 16.7. The molecule has 2 bridgehead atoms. The third-order valence-electron chi connectivity index (χ3n) is 6.02. The van der Waals surface area contributed by atoms with Gasteiger partial charge in [0.05, 0.1) is 19.1 Å². The van der Waals surface area contributed by atoms with Gasteiger partial charge in [-0.05, 0) is 23.8 Å². The first-order valence-corrected chi connectivity index (χ1v) is 8.69. The summed E-state index contributed by atoms with van der Waals surface area (Å²) in [6.07, 6.45) is 6.93. The zero-order valence-corrected chi connectivity index (χ0v) is 14.8. The highest BCUT2D eigenvalue weighted by Gasteiger charge is 2.65. The third kappa shape index (κ3) is 2.11. The largest absolute Gasteiger partial charge is 0.348 e. The van der Waals surface area contributed by atoms with Gasteiger partial charge in [-0.15, -0.1) is 0 Å². The third-order valence-corrected chi connectivity index (χ3v) is 6.02. The second-order valence-corrected chi connectivity index (χ2v) is 8.13. The summed E-state index contributed by atoms with van der Waals surface area (Å²) >= 11 is 0. The standard InChI is InChI=1S/C19H26O5/c1-18(2)9-23-17(24-10-18)14-8-13-11-6-5-7-12(11)15(14)19(21-3,22-4)16(13)20/h5-6,8,11-13,15,17H,7,9-10H2,1-4H3/t11-,12+,13-,15-/m1/s1. The molecule has 1 aliphatic heterocycles. The van der Waals surface area contributed by atoms with Gasteiger partial charge in [-0.25, -0.2) is 0 Å². The number of hydrogen-bond acceptors (Lipinski definition) is 5. The van der Waals surface area contributed by atoms with Crippen molar-refractivity contribution in [1.82, 2.24) is 0 Å². The van der Waals surface area contributed by atoms with Gasteiger partial charge in [0.2, 0.25) is 5.79 Å². The van der Waals surface area contributed by atoms with Crippen molar-refractivity contribution in [3.8, 4) is 0 Å². The molecule has 4 aliphatic carbocycles. The summed E-state index contributed by atoms with van der Waals surface area (Å²) in [5.74, 6) is -1.06. The number of rotatable bonds is 3. The van der Waals surface area contributed by atoms with E-state index in [1.54, 1.807) is 14.2 Å². The van der Waals surface area contributed by atoms with E-state index >= 15 is 0 Å². The molecule has 0 spiro atoms. The molecule has 1 heterocycles. The molecule has 0 unspecified atom stereocenters. The van der Waals surface area contributed by atoms with Gasteiger partial charge in [-0.2, -0.15) is 0 Å². The lowest BCUT2D eigenvalue weighted by Gasteiger charge is -2.54. The van der Waals surface area contributed by atoms with E-state index in [2.05, 4.69) is 32.1 Å². The maximum Gasteiger partial charge on any atom is 0.236 e. The van der Waals surface area contributed by atoms with Crippen LogP contribution in [0.15, 0.2) is 23.8 Å². The zero-order valence-electron chi connectivity index (χ0n) is 14.8. The van der Waals surface area contributed by atoms with E-state index < -0.39 is 12.1 Å². The minimum Gasteiger partial charge on any atom is -0.348 e. The summed E-state index contributed by atoms with van der Waals surface area (Å²) in [6, 6.07) is 0. The summed E-state index contributed by atoms with van der Waals surface area (Å²) < 4.78 is 23.4. The van der Waals surface area contributed by atoms with Crippen molar-refractivity contribution in [2.45, 2.75) is 32.3 Å². The summed E-state index contributed by atoms with van der Waals surface area (Å²) in [5.41, 5.74) is 1.03. The summed E-state index contributed by atoms with van der Waals surface area (Å²) in [4.78, 5) is 13.0. The minimum atomic E-state index is -1.22. The van der Waals surface area contributed by atoms with Crippen LogP contribution in [0.25, 0.3) is 0 Å². The molecule has 24 heavy (non-hydrogen) atoms. The van der Waals surface area contributed by atoms with Gasteiger partial charge in [0.15, 0.2) is 12.1 Å². The van der Waals surface area contributed by atoms with Crippen LogP contribution in [-0.2, 0) is 23.7 Å². The van der Waals surface area contributed by atoms with Crippen LogP contribution < -0.4 is 0 Å². The van der Waals surface area contributed by atoms with Gasteiger partial charge in [0, 0.05) is 25.6 Å². The predicted octanol–water partition coefficient (Wildman–Crippen LogP) is 2.32. The van der Waals surface area contributed by atoms with Crippen LogP contribution in [0.2, 0.25) is 0 Å². The highest BCUT2D eigenvalue weighted by molar-refractivity contribution is 5.93. The Hall–Kier alpha value is -1.01. The Balaban J connectivity index is 1.72. The molecular formula is C19H26O5. The Bertz CT molecular complexity index is 591. The number of ether oxygens (including phenoxy) is 4. The van der Waals surface area contributed by atoms with Crippen molar-refractivity contribution in [1.29, 1.82) is 0 Å². The van der Waals surface area contributed by atoms with E-state index in [4.69, 9.17) is 18.9 Å². The number of fused-ring (bicyclic) bond motifs is 1. The van der Waals surface area contributed by atoms with Crippen LogP contribution in [0.4, 0.5) is 0 Å². The van der Waals surface area contributed by atoms with Gasteiger partial charge >= 0.3 is 0 Å². The number of methoxy groups -OCH3 is 2. The molecule has 0 amide bonds. The Morgan fingerprint density at radius 2 is 1.83 bits per heavy atom. The fourth-order valence-corrected chi connectivity index (χ4v) is 4.89. The molecule has 0 aromatic heterocycles. The van der Waals surface area contributed by atoms with Crippen LogP contribution in [0.1, 0.15) is 20.3 Å². The van der Waals surface area contributed by atoms with E-state index in [1.165, 1.54) is 0 Å². The molecule has 0 aromatic carbocycles. The molecule has 1 saturated heterocycles. The molecule has 132 valence electrons. The van der Waals surface area contributed by atoms with Crippen molar-refractivity contribution in [3.63, 3.8) is 0 Å². The van der Waals surface area contributed by atoms with E-state index in [0.717, 1.165) is 12.0 Å². The SMILES string of the molecule is COC1(OC)C(=O)[C@@H]2C=C(C3OCC(C)(C)CO3)[C@H]1[C@H]1CC=C[C@H]12. The molecular weight excluding hydrogens is 308 g/mol. The lowest BCUT2D eigenvalue weighted by Crippen LogP contribution is -2.64. The Morgan fingerprint density at radius 3 is 2.46 bits per heavy atom. The molecule has 5 heteroatoms. The van der Waals surface area contributed by atoms with Crippen molar-refractivity contribution in [2.75, 3.05) is 27.4 Å². The van der Waals surface area contributed by atoms with Gasteiger partial charge in [0.1, 0.15) is 0 Å². The Labute approximate surface area is 143 Å². The molecule has 1 saturated carbocycles. The Kier molecular flexibility index (Phi) is 3.77.